The molecule has 0 unspecified atom stereocenters. The number of rotatable bonds is 4. The van der Waals surface area contributed by atoms with Crippen molar-refractivity contribution in [2.75, 3.05) is 4.90 Å². The van der Waals surface area contributed by atoms with E-state index < -0.39 is 35.5 Å². The highest BCUT2D eigenvalue weighted by Crippen LogP contribution is 2.46. The van der Waals surface area contributed by atoms with E-state index in [-0.39, 0.29) is 12.2 Å². The zero-order valence-corrected chi connectivity index (χ0v) is 13.9. The molecule has 26 heavy (non-hydrogen) atoms. The number of alkyl halides is 3. The van der Waals surface area contributed by atoms with Gasteiger partial charge in [0.2, 0.25) is 5.91 Å². The number of fused-ring (bicyclic) bond motifs is 1. The molecule has 1 aliphatic rings. The zero-order chi connectivity index (χ0) is 19.1. The molecule has 0 bridgehead atoms. The minimum atomic E-state index is -4.55. The van der Waals surface area contributed by atoms with Crippen molar-refractivity contribution in [3.05, 3.63) is 65.2 Å². The van der Waals surface area contributed by atoms with Crippen molar-refractivity contribution in [1.82, 2.24) is 0 Å². The molecule has 1 N–H and O–H groups in total. The Labute approximate surface area is 147 Å². The normalized spacial score (nSPS) is 19.5. The van der Waals surface area contributed by atoms with E-state index in [2.05, 4.69) is 0 Å². The van der Waals surface area contributed by atoms with Crippen LogP contribution >= 0.6 is 0 Å². The topological polar surface area (TPSA) is 57.6 Å². The zero-order valence-electron chi connectivity index (χ0n) is 13.9. The van der Waals surface area contributed by atoms with E-state index in [0.29, 0.717) is 5.56 Å². The van der Waals surface area contributed by atoms with Gasteiger partial charge < -0.3 is 10.0 Å². The molecule has 136 valence electrons. The molecule has 0 saturated carbocycles. The minimum Gasteiger partial charge on any atom is -0.481 e. The van der Waals surface area contributed by atoms with Gasteiger partial charge in [0.15, 0.2) is 0 Å². The van der Waals surface area contributed by atoms with Crippen LogP contribution in [0.1, 0.15) is 30.0 Å². The molecule has 1 amide bonds. The smallest absolute Gasteiger partial charge is 0.416 e. The number of carboxylic acid groups (broad SMARTS) is 1. The molecule has 3 rings (SSSR count). The molecule has 2 aromatic carbocycles. The molecular weight excluding hydrogens is 347 g/mol. The Morgan fingerprint density at radius 2 is 1.81 bits per heavy atom. The van der Waals surface area contributed by atoms with E-state index in [1.165, 1.54) is 17.9 Å². The molecule has 0 spiro atoms. The lowest BCUT2D eigenvalue weighted by Gasteiger charge is -2.22. The van der Waals surface area contributed by atoms with Gasteiger partial charge in [0.05, 0.1) is 23.9 Å². The number of amides is 1. The van der Waals surface area contributed by atoms with Gasteiger partial charge >= 0.3 is 12.1 Å². The Hall–Kier alpha value is -2.83. The Balaban J connectivity index is 2.12. The molecular formula is C19H16F3NO3. The standard InChI is InChI=1S/C19H16F3NO3/c1-18(10-16(24)25)14-8-7-13(19(20,21)22)9-15(14)23(17(18)26)11-12-5-3-2-4-6-12/h2-9H,10-11H2,1H3,(H,24,25)/t18-/m1/s1. The first-order valence-corrected chi connectivity index (χ1v) is 7.92. The molecule has 2 aromatic rings. The third-order valence-corrected chi connectivity index (χ3v) is 4.62. The van der Waals surface area contributed by atoms with Crippen LogP contribution in [0.15, 0.2) is 48.5 Å². The Bertz CT molecular complexity index is 864. The van der Waals surface area contributed by atoms with E-state index in [1.807, 2.05) is 0 Å². The van der Waals surface area contributed by atoms with Gasteiger partial charge in [-0.25, -0.2) is 0 Å². The molecule has 1 heterocycles. The Kier molecular flexibility index (Phi) is 4.26. The molecule has 0 fully saturated rings. The maximum absolute atomic E-state index is 13.1. The van der Waals surface area contributed by atoms with Crippen LogP contribution < -0.4 is 4.90 Å². The average Bonchev–Trinajstić information content (AvgIpc) is 2.76. The van der Waals surface area contributed by atoms with Crippen LogP contribution in [0, 0.1) is 0 Å². The van der Waals surface area contributed by atoms with E-state index >= 15 is 0 Å². The van der Waals surface area contributed by atoms with E-state index in [1.54, 1.807) is 30.3 Å². The monoisotopic (exact) mass is 363 g/mol. The van der Waals surface area contributed by atoms with Crippen molar-refractivity contribution in [3.63, 3.8) is 0 Å². The lowest BCUT2D eigenvalue weighted by Crippen LogP contribution is -2.39. The predicted molar refractivity (Wildman–Crippen MR) is 88.7 cm³/mol. The maximum atomic E-state index is 13.1. The van der Waals surface area contributed by atoms with Gasteiger partial charge in [-0.15, -0.1) is 0 Å². The second-order valence-electron chi connectivity index (χ2n) is 6.51. The van der Waals surface area contributed by atoms with Crippen LogP contribution in [0.2, 0.25) is 0 Å². The lowest BCUT2D eigenvalue weighted by atomic mass is 9.80. The number of hydrogen-bond donors (Lipinski definition) is 1. The number of nitrogens with zero attached hydrogens (tertiary/aromatic N) is 1. The summed E-state index contributed by atoms with van der Waals surface area (Å²) in [7, 11) is 0. The second-order valence-corrected chi connectivity index (χ2v) is 6.51. The van der Waals surface area contributed by atoms with Gasteiger partial charge in [-0.1, -0.05) is 36.4 Å². The molecule has 0 saturated heterocycles. The first-order valence-electron chi connectivity index (χ1n) is 7.92. The SMILES string of the molecule is C[C@]1(CC(=O)O)C(=O)N(Cc2ccccc2)c2cc(C(F)(F)F)ccc21. The van der Waals surface area contributed by atoms with E-state index in [0.717, 1.165) is 17.7 Å². The first-order chi connectivity index (χ1) is 12.1. The summed E-state index contributed by atoms with van der Waals surface area (Å²) < 4.78 is 39.3. The number of halogens is 3. The summed E-state index contributed by atoms with van der Waals surface area (Å²) in [5.74, 6) is -1.70. The molecule has 4 nitrogen and oxygen atoms in total. The summed E-state index contributed by atoms with van der Waals surface area (Å²) in [5, 5.41) is 9.19. The molecule has 1 atom stereocenters. The van der Waals surface area contributed by atoms with Crippen LogP contribution in [0.25, 0.3) is 0 Å². The number of anilines is 1. The number of carboxylic acids is 1. The minimum absolute atomic E-state index is 0.0726. The number of aliphatic carboxylic acids is 1. The van der Waals surface area contributed by atoms with Gasteiger partial charge in [-0.2, -0.15) is 13.2 Å². The summed E-state index contributed by atoms with van der Waals surface area (Å²) in [5.41, 5.74) is -1.13. The highest BCUT2D eigenvalue weighted by molar-refractivity contribution is 6.09. The molecule has 1 aliphatic heterocycles. The first kappa shape index (κ1) is 18.0. The third kappa shape index (κ3) is 3.05. The van der Waals surface area contributed by atoms with Gasteiger partial charge in [0.1, 0.15) is 0 Å². The largest absolute Gasteiger partial charge is 0.481 e. The summed E-state index contributed by atoms with van der Waals surface area (Å²) in [6.45, 7) is 1.53. The highest BCUT2D eigenvalue weighted by Gasteiger charge is 2.49. The highest BCUT2D eigenvalue weighted by atomic mass is 19.4. The quantitative estimate of drug-likeness (QED) is 0.894. The summed E-state index contributed by atoms with van der Waals surface area (Å²) in [4.78, 5) is 25.5. The molecule has 7 heteroatoms. The third-order valence-electron chi connectivity index (χ3n) is 4.62. The van der Waals surface area contributed by atoms with E-state index in [4.69, 9.17) is 0 Å². The summed E-state index contributed by atoms with van der Waals surface area (Å²) in [6, 6.07) is 11.9. The molecule has 0 aromatic heterocycles. The summed E-state index contributed by atoms with van der Waals surface area (Å²) >= 11 is 0. The lowest BCUT2D eigenvalue weighted by molar-refractivity contribution is -0.141. The fraction of sp³-hybridized carbons (Fsp3) is 0.263. The fourth-order valence-electron chi connectivity index (χ4n) is 3.32. The van der Waals surface area contributed by atoms with Crippen LogP contribution in [0.3, 0.4) is 0 Å². The van der Waals surface area contributed by atoms with Crippen molar-refractivity contribution in [1.29, 1.82) is 0 Å². The summed E-state index contributed by atoms with van der Waals surface area (Å²) in [6.07, 6.45) is -5.04. The van der Waals surface area contributed by atoms with Crippen LogP contribution in [0.5, 0.6) is 0 Å². The van der Waals surface area contributed by atoms with Gasteiger partial charge in [-0.3, -0.25) is 9.59 Å². The number of benzene rings is 2. The van der Waals surface area contributed by atoms with Gasteiger partial charge in [0, 0.05) is 5.69 Å². The number of carbonyl (C=O) groups excluding carboxylic acids is 1. The second kappa shape index (κ2) is 6.16. The van der Waals surface area contributed by atoms with Crippen molar-refractivity contribution < 1.29 is 27.9 Å². The van der Waals surface area contributed by atoms with Crippen molar-refractivity contribution >= 4 is 17.6 Å². The maximum Gasteiger partial charge on any atom is 0.416 e. The molecule has 0 radical (unpaired) electrons. The van der Waals surface area contributed by atoms with E-state index in [9.17, 15) is 27.9 Å². The number of carbonyl (C=O) groups is 2. The average molecular weight is 363 g/mol. The Morgan fingerprint density at radius 1 is 1.15 bits per heavy atom. The Morgan fingerprint density at radius 3 is 2.38 bits per heavy atom. The van der Waals surface area contributed by atoms with Crippen molar-refractivity contribution in [3.8, 4) is 0 Å². The van der Waals surface area contributed by atoms with Crippen LogP contribution in [-0.4, -0.2) is 17.0 Å². The van der Waals surface area contributed by atoms with Crippen LogP contribution in [-0.2, 0) is 27.7 Å². The fourth-order valence-corrected chi connectivity index (χ4v) is 3.32. The van der Waals surface area contributed by atoms with Gasteiger partial charge in [0.25, 0.3) is 0 Å². The number of hydrogen-bond acceptors (Lipinski definition) is 2. The van der Waals surface area contributed by atoms with Gasteiger partial charge in [-0.05, 0) is 30.2 Å². The van der Waals surface area contributed by atoms with Crippen molar-refractivity contribution in [2.24, 2.45) is 0 Å². The molecule has 0 aliphatic carbocycles. The van der Waals surface area contributed by atoms with Crippen LogP contribution in [0.4, 0.5) is 18.9 Å². The van der Waals surface area contributed by atoms with Crippen molar-refractivity contribution in [2.45, 2.75) is 31.5 Å². The predicted octanol–water partition coefficient (Wildman–Crippen LogP) is 3.98.